The molecule has 0 radical (unpaired) electrons. The third-order valence-corrected chi connectivity index (χ3v) is 2.07. The molecule has 0 saturated carbocycles. The molecule has 0 spiro atoms. The van der Waals surface area contributed by atoms with E-state index in [0.717, 1.165) is 12.7 Å². The lowest BCUT2D eigenvalue weighted by atomic mass is 10.3. The molecule has 0 aliphatic carbocycles. The number of ether oxygens (including phenoxy) is 1. The number of hydrogen-bond acceptors (Lipinski definition) is 3. The predicted molar refractivity (Wildman–Crippen MR) is 37.2 cm³/mol. The van der Waals surface area contributed by atoms with E-state index < -0.39 is 10.0 Å². The van der Waals surface area contributed by atoms with Crippen molar-refractivity contribution in [3.63, 3.8) is 0 Å². The van der Waals surface area contributed by atoms with Gasteiger partial charge in [0.15, 0.2) is 0 Å². The van der Waals surface area contributed by atoms with Gasteiger partial charge in [-0.25, -0.2) is 13.1 Å². The van der Waals surface area contributed by atoms with E-state index in [0.29, 0.717) is 13.2 Å². The van der Waals surface area contributed by atoms with Crippen molar-refractivity contribution in [3.8, 4) is 0 Å². The normalized spacial score (nSPS) is 27.1. The first-order valence-electron chi connectivity index (χ1n) is 3.13. The largest absolute Gasteiger partial charge is 0.380 e. The van der Waals surface area contributed by atoms with Gasteiger partial charge in [-0.15, -0.1) is 0 Å². The lowest BCUT2D eigenvalue weighted by molar-refractivity contribution is 0.192. The van der Waals surface area contributed by atoms with Crippen LogP contribution in [0.1, 0.15) is 6.42 Å². The number of sulfonamides is 1. The van der Waals surface area contributed by atoms with Crippen LogP contribution in [0.5, 0.6) is 0 Å². The van der Waals surface area contributed by atoms with E-state index in [1.165, 1.54) is 0 Å². The second-order valence-corrected chi connectivity index (χ2v) is 4.23. The Morgan fingerprint density at radius 3 is 2.70 bits per heavy atom. The van der Waals surface area contributed by atoms with Crippen LogP contribution in [0.25, 0.3) is 0 Å². The molecule has 0 aromatic carbocycles. The van der Waals surface area contributed by atoms with Crippen LogP contribution in [0.15, 0.2) is 0 Å². The number of hydrogen-bond donors (Lipinski definition) is 1. The first-order valence-corrected chi connectivity index (χ1v) is 5.02. The fraction of sp³-hybridized carbons (Fsp3) is 1.00. The maximum absolute atomic E-state index is 10.6. The molecule has 0 amide bonds. The van der Waals surface area contributed by atoms with Gasteiger partial charge in [0.05, 0.1) is 12.9 Å². The molecule has 1 saturated heterocycles. The lowest BCUT2D eigenvalue weighted by Gasteiger charge is -2.06. The van der Waals surface area contributed by atoms with E-state index in [2.05, 4.69) is 4.72 Å². The van der Waals surface area contributed by atoms with E-state index >= 15 is 0 Å². The van der Waals surface area contributed by atoms with E-state index in [1.807, 2.05) is 0 Å². The van der Waals surface area contributed by atoms with E-state index in [4.69, 9.17) is 4.74 Å². The molecule has 1 heterocycles. The maximum Gasteiger partial charge on any atom is 0.209 e. The van der Waals surface area contributed by atoms with Crippen molar-refractivity contribution in [1.29, 1.82) is 0 Å². The van der Waals surface area contributed by atoms with Gasteiger partial charge in [0.1, 0.15) is 0 Å². The molecule has 1 aliphatic heterocycles. The summed E-state index contributed by atoms with van der Waals surface area (Å²) in [5, 5.41) is 0. The third-order valence-electron chi connectivity index (χ3n) is 1.31. The molecule has 1 unspecified atom stereocenters. The minimum atomic E-state index is -3.04. The quantitative estimate of drug-likeness (QED) is 0.590. The lowest BCUT2D eigenvalue weighted by Crippen LogP contribution is -2.33. The first-order chi connectivity index (χ1) is 4.58. The summed E-state index contributed by atoms with van der Waals surface area (Å²) in [6.07, 6.45) is 1.94. The van der Waals surface area contributed by atoms with Gasteiger partial charge >= 0.3 is 0 Å². The monoisotopic (exact) mass is 165 g/mol. The van der Waals surface area contributed by atoms with Crippen molar-refractivity contribution < 1.29 is 13.2 Å². The van der Waals surface area contributed by atoms with E-state index in [1.54, 1.807) is 0 Å². The summed E-state index contributed by atoms with van der Waals surface area (Å²) in [4.78, 5) is 0. The van der Waals surface area contributed by atoms with Crippen LogP contribution in [0.3, 0.4) is 0 Å². The number of rotatable bonds is 2. The molecule has 1 N–H and O–H groups in total. The Bertz CT molecular complexity index is 193. The second kappa shape index (κ2) is 2.86. The molecule has 5 heteroatoms. The standard InChI is InChI=1S/C5H11NO3S/c1-10(7,8)6-5-2-3-9-4-5/h5-6H,2-4H2,1H3. The Balaban J connectivity index is 2.38. The van der Waals surface area contributed by atoms with Crippen LogP contribution in [0.4, 0.5) is 0 Å². The fourth-order valence-electron chi connectivity index (χ4n) is 0.930. The molecule has 0 bridgehead atoms. The Morgan fingerprint density at radius 1 is 1.60 bits per heavy atom. The summed E-state index contributed by atoms with van der Waals surface area (Å²) in [6.45, 7) is 1.17. The molecular weight excluding hydrogens is 154 g/mol. The van der Waals surface area contributed by atoms with Crippen LogP contribution in [0.2, 0.25) is 0 Å². The zero-order chi connectivity index (χ0) is 7.61. The van der Waals surface area contributed by atoms with Gasteiger partial charge in [0.2, 0.25) is 10.0 Å². The molecule has 0 aromatic heterocycles. The minimum absolute atomic E-state index is 0.00463. The van der Waals surface area contributed by atoms with Crippen molar-refractivity contribution >= 4 is 10.0 Å². The van der Waals surface area contributed by atoms with Gasteiger partial charge in [0.25, 0.3) is 0 Å². The zero-order valence-electron chi connectivity index (χ0n) is 5.83. The summed E-state index contributed by atoms with van der Waals surface area (Å²) >= 11 is 0. The van der Waals surface area contributed by atoms with Crippen molar-refractivity contribution in [2.24, 2.45) is 0 Å². The van der Waals surface area contributed by atoms with Gasteiger partial charge in [0, 0.05) is 12.6 Å². The van der Waals surface area contributed by atoms with Crippen LogP contribution in [-0.2, 0) is 14.8 Å². The van der Waals surface area contributed by atoms with Gasteiger partial charge < -0.3 is 4.74 Å². The molecule has 1 atom stereocenters. The summed E-state index contributed by atoms with van der Waals surface area (Å²) in [5.74, 6) is 0. The van der Waals surface area contributed by atoms with Gasteiger partial charge in [-0.05, 0) is 6.42 Å². The van der Waals surface area contributed by atoms with Crippen LogP contribution >= 0.6 is 0 Å². The molecule has 1 aliphatic rings. The topological polar surface area (TPSA) is 55.4 Å². The van der Waals surface area contributed by atoms with E-state index in [-0.39, 0.29) is 6.04 Å². The molecule has 10 heavy (non-hydrogen) atoms. The molecule has 1 fully saturated rings. The first kappa shape index (κ1) is 7.97. The van der Waals surface area contributed by atoms with Gasteiger partial charge in [-0.3, -0.25) is 0 Å². The highest BCUT2D eigenvalue weighted by Gasteiger charge is 2.18. The summed E-state index contributed by atoms with van der Waals surface area (Å²) < 4.78 is 28.7. The van der Waals surface area contributed by atoms with Crippen molar-refractivity contribution in [2.45, 2.75) is 12.5 Å². The van der Waals surface area contributed by atoms with Crippen LogP contribution in [0, 0.1) is 0 Å². The Labute approximate surface area is 60.6 Å². The van der Waals surface area contributed by atoms with Crippen molar-refractivity contribution in [2.75, 3.05) is 19.5 Å². The third kappa shape index (κ3) is 2.64. The van der Waals surface area contributed by atoms with Crippen molar-refractivity contribution in [3.05, 3.63) is 0 Å². The zero-order valence-corrected chi connectivity index (χ0v) is 6.65. The van der Waals surface area contributed by atoms with Crippen LogP contribution < -0.4 is 4.72 Å². The van der Waals surface area contributed by atoms with Gasteiger partial charge in [-0.2, -0.15) is 0 Å². The Hall–Kier alpha value is -0.130. The minimum Gasteiger partial charge on any atom is -0.380 e. The molecular formula is C5H11NO3S. The van der Waals surface area contributed by atoms with Crippen molar-refractivity contribution in [1.82, 2.24) is 4.72 Å². The smallest absolute Gasteiger partial charge is 0.209 e. The average molecular weight is 165 g/mol. The van der Waals surface area contributed by atoms with E-state index in [9.17, 15) is 8.42 Å². The highest BCUT2D eigenvalue weighted by atomic mass is 32.2. The molecule has 4 nitrogen and oxygen atoms in total. The molecule has 1 rings (SSSR count). The van der Waals surface area contributed by atoms with Crippen LogP contribution in [-0.4, -0.2) is 33.9 Å². The summed E-state index contributed by atoms with van der Waals surface area (Å²) in [5.41, 5.74) is 0. The highest BCUT2D eigenvalue weighted by molar-refractivity contribution is 7.88. The maximum atomic E-state index is 10.6. The SMILES string of the molecule is CS(=O)(=O)NC1CCOC1. The molecule has 0 aromatic rings. The highest BCUT2D eigenvalue weighted by Crippen LogP contribution is 2.03. The number of nitrogens with one attached hydrogen (secondary N) is 1. The Kier molecular flexibility index (Phi) is 2.28. The Morgan fingerprint density at radius 2 is 2.30 bits per heavy atom. The second-order valence-electron chi connectivity index (χ2n) is 2.45. The average Bonchev–Trinajstić information content (AvgIpc) is 2.12. The summed E-state index contributed by atoms with van der Waals surface area (Å²) in [7, 11) is -3.04. The predicted octanol–water partition coefficient (Wildman–Crippen LogP) is -0.675. The summed E-state index contributed by atoms with van der Waals surface area (Å²) in [6, 6.07) is -0.00463. The molecule has 60 valence electrons. The van der Waals surface area contributed by atoms with Gasteiger partial charge in [-0.1, -0.05) is 0 Å². The fourth-order valence-corrected chi connectivity index (χ4v) is 1.72.